The van der Waals surface area contributed by atoms with Crippen LogP contribution in [-0.2, 0) is 9.47 Å². The highest BCUT2D eigenvalue weighted by atomic mass is 16.5. The van der Waals surface area contributed by atoms with E-state index in [1.54, 1.807) is 18.5 Å². The van der Waals surface area contributed by atoms with Crippen molar-refractivity contribution in [1.82, 2.24) is 4.98 Å². The second-order valence-corrected chi connectivity index (χ2v) is 4.71. The molecule has 0 unspecified atom stereocenters. The SMILES string of the molecule is CCOc1cncc(C(=O)C2(OCC)CCOCC2)c1. The van der Waals surface area contributed by atoms with Crippen molar-refractivity contribution in [3.63, 3.8) is 0 Å². The molecule has 0 spiro atoms. The minimum atomic E-state index is -0.778. The van der Waals surface area contributed by atoms with Crippen LogP contribution in [0.3, 0.4) is 0 Å². The van der Waals surface area contributed by atoms with E-state index in [0.29, 0.717) is 50.6 Å². The van der Waals surface area contributed by atoms with Crippen molar-refractivity contribution >= 4 is 5.78 Å². The van der Waals surface area contributed by atoms with Gasteiger partial charge in [-0.3, -0.25) is 9.78 Å². The highest BCUT2D eigenvalue weighted by Gasteiger charge is 2.41. The monoisotopic (exact) mass is 279 g/mol. The average molecular weight is 279 g/mol. The zero-order chi connectivity index (χ0) is 14.4. The number of hydrogen-bond donors (Lipinski definition) is 0. The van der Waals surface area contributed by atoms with Crippen molar-refractivity contribution in [2.45, 2.75) is 32.3 Å². The number of ether oxygens (including phenoxy) is 3. The molecule has 1 aliphatic heterocycles. The van der Waals surface area contributed by atoms with Crippen LogP contribution in [0.25, 0.3) is 0 Å². The third-order valence-electron chi connectivity index (χ3n) is 3.42. The Hall–Kier alpha value is -1.46. The number of pyridine rings is 1. The molecule has 0 radical (unpaired) electrons. The number of aromatic nitrogens is 1. The molecular formula is C15H21NO4. The van der Waals surface area contributed by atoms with E-state index in [1.165, 1.54) is 0 Å². The lowest BCUT2D eigenvalue weighted by Crippen LogP contribution is -2.46. The summed E-state index contributed by atoms with van der Waals surface area (Å²) in [4.78, 5) is 16.9. The molecule has 2 rings (SSSR count). The summed E-state index contributed by atoms with van der Waals surface area (Å²) in [6.45, 7) is 5.94. The van der Waals surface area contributed by atoms with Crippen LogP contribution in [0, 0.1) is 0 Å². The second-order valence-electron chi connectivity index (χ2n) is 4.71. The molecule has 0 saturated carbocycles. The Morgan fingerprint density at radius 1 is 1.30 bits per heavy atom. The molecule has 5 heteroatoms. The number of carbonyl (C=O) groups is 1. The summed E-state index contributed by atoms with van der Waals surface area (Å²) in [6.07, 6.45) is 4.34. The van der Waals surface area contributed by atoms with Gasteiger partial charge >= 0.3 is 0 Å². The molecule has 1 aromatic heterocycles. The van der Waals surface area contributed by atoms with Gasteiger partial charge in [0.05, 0.1) is 12.8 Å². The van der Waals surface area contributed by atoms with Gasteiger partial charge in [-0.1, -0.05) is 0 Å². The molecule has 0 N–H and O–H groups in total. The number of nitrogens with zero attached hydrogens (tertiary/aromatic N) is 1. The lowest BCUT2D eigenvalue weighted by atomic mass is 9.86. The Morgan fingerprint density at radius 2 is 2.05 bits per heavy atom. The molecule has 2 heterocycles. The highest BCUT2D eigenvalue weighted by Crippen LogP contribution is 2.30. The maximum atomic E-state index is 12.8. The van der Waals surface area contributed by atoms with E-state index in [4.69, 9.17) is 14.2 Å². The maximum Gasteiger partial charge on any atom is 0.196 e. The van der Waals surface area contributed by atoms with E-state index in [9.17, 15) is 4.79 Å². The quantitative estimate of drug-likeness (QED) is 0.747. The van der Waals surface area contributed by atoms with Crippen LogP contribution >= 0.6 is 0 Å². The van der Waals surface area contributed by atoms with Gasteiger partial charge in [0.25, 0.3) is 0 Å². The number of Topliss-reactive ketones (excluding diaryl/α,β-unsaturated/α-hetero) is 1. The largest absolute Gasteiger partial charge is 0.492 e. The van der Waals surface area contributed by atoms with Crippen LogP contribution in [0.15, 0.2) is 18.5 Å². The van der Waals surface area contributed by atoms with Gasteiger partial charge < -0.3 is 14.2 Å². The minimum absolute atomic E-state index is 0.0308. The average Bonchev–Trinajstić information content (AvgIpc) is 2.48. The van der Waals surface area contributed by atoms with Gasteiger partial charge in [0.2, 0.25) is 0 Å². The third-order valence-corrected chi connectivity index (χ3v) is 3.42. The van der Waals surface area contributed by atoms with Crippen molar-refractivity contribution in [2.75, 3.05) is 26.4 Å². The molecule has 5 nitrogen and oxygen atoms in total. The van der Waals surface area contributed by atoms with Crippen molar-refractivity contribution in [3.05, 3.63) is 24.0 Å². The van der Waals surface area contributed by atoms with Gasteiger partial charge in [-0.2, -0.15) is 0 Å². The molecule has 0 aromatic carbocycles. The fraction of sp³-hybridized carbons (Fsp3) is 0.600. The molecule has 1 saturated heterocycles. The van der Waals surface area contributed by atoms with E-state index >= 15 is 0 Å². The Labute approximate surface area is 119 Å². The Morgan fingerprint density at radius 3 is 2.70 bits per heavy atom. The van der Waals surface area contributed by atoms with Gasteiger partial charge in [0.15, 0.2) is 5.78 Å². The van der Waals surface area contributed by atoms with Crippen molar-refractivity contribution in [1.29, 1.82) is 0 Å². The first-order valence-corrected chi connectivity index (χ1v) is 7.06. The van der Waals surface area contributed by atoms with Crippen LogP contribution in [0.2, 0.25) is 0 Å². The molecule has 20 heavy (non-hydrogen) atoms. The second kappa shape index (κ2) is 6.81. The predicted molar refractivity (Wildman–Crippen MR) is 74.1 cm³/mol. The molecule has 0 bridgehead atoms. The van der Waals surface area contributed by atoms with Crippen LogP contribution < -0.4 is 4.74 Å². The van der Waals surface area contributed by atoms with E-state index < -0.39 is 5.60 Å². The maximum absolute atomic E-state index is 12.8. The number of carbonyl (C=O) groups excluding carboxylic acids is 1. The standard InChI is InChI=1S/C15H21NO4/c1-3-19-13-9-12(10-16-11-13)14(17)15(20-4-2)5-7-18-8-6-15/h9-11H,3-8H2,1-2H3. The Kier molecular flexibility index (Phi) is 5.09. The van der Waals surface area contributed by atoms with Gasteiger partial charge in [-0.15, -0.1) is 0 Å². The van der Waals surface area contributed by atoms with Crippen LogP contribution in [0.4, 0.5) is 0 Å². The molecule has 0 aliphatic carbocycles. The van der Waals surface area contributed by atoms with Crippen molar-refractivity contribution < 1.29 is 19.0 Å². The summed E-state index contributed by atoms with van der Waals surface area (Å²) >= 11 is 0. The zero-order valence-electron chi connectivity index (χ0n) is 12.1. The summed E-state index contributed by atoms with van der Waals surface area (Å²) in [7, 11) is 0. The zero-order valence-corrected chi connectivity index (χ0v) is 12.1. The summed E-state index contributed by atoms with van der Waals surface area (Å²) in [6, 6.07) is 1.73. The molecule has 0 amide bonds. The Bertz CT molecular complexity index is 449. The van der Waals surface area contributed by atoms with Gasteiger partial charge in [-0.25, -0.2) is 0 Å². The molecule has 110 valence electrons. The van der Waals surface area contributed by atoms with Gasteiger partial charge in [-0.05, 0) is 19.9 Å². The molecule has 1 aromatic rings. The van der Waals surface area contributed by atoms with Crippen LogP contribution in [0.5, 0.6) is 5.75 Å². The fourth-order valence-electron chi connectivity index (χ4n) is 2.47. The molecule has 1 fully saturated rings. The smallest absolute Gasteiger partial charge is 0.196 e. The summed E-state index contributed by atoms with van der Waals surface area (Å²) < 4.78 is 16.5. The van der Waals surface area contributed by atoms with Crippen LogP contribution in [0.1, 0.15) is 37.0 Å². The highest BCUT2D eigenvalue weighted by molar-refractivity contribution is 6.02. The minimum Gasteiger partial charge on any atom is -0.492 e. The van der Waals surface area contributed by atoms with Gasteiger partial charge in [0.1, 0.15) is 11.4 Å². The normalized spacial score (nSPS) is 17.7. The number of ketones is 1. The van der Waals surface area contributed by atoms with Gasteiger partial charge in [0, 0.05) is 44.4 Å². The lowest BCUT2D eigenvalue weighted by Gasteiger charge is -2.35. The lowest BCUT2D eigenvalue weighted by molar-refractivity contribution is -0.0822. The van der Waals surface area contributed by atoms with E-state index in [-0.39, 0.29) is 5.78 Å². The fourth-order valence-corrected chi connectivity index (χ4v) is 2.47. The predicted octanol–water partition coefficient (Wildman–Crippen LogP) is 2.25. The summed E-state index contributed by atoms with van der Waals surface area (Å²) in [5.74, 6) is 0.578. The van der Waals surface area contributed by atoms with Crippen LogP contribution in [-0.4, -0.2) is 42.8 Å². The van der Waals surface area contributed by atoms with Crippen molar-refractivity contribution in [2.24, 2.45) is 0 Å². The summed E-state index contributed by atoms with van der Waals surface area (Å²) in [5.41, 5.74) is -0.245. The van der Waals surface area contributed by atoms with E-state index in [0.717, 1.165) is 0 Å². The van der Waals surface area contributed by atoms with E-state index in [1.807, 2.05) is 13.8 Å². The molecule has 1 aliphatic rings. The summed E-state index contributed by atoms with van der Waals surface area (Å²) in [5, 5.41) is 0. The van der Waals surface area contributed by atoms with Crippen molar-refractivity contribution in [3.8, 4) is 5.75 Å². The molecular weight excluding hydrogens is 258 g/mol. The first-order chi connectivity index (χ1) is 9.72. The first-order valence-electron chi connectivity index (χ1n) is 7.06. The van der Waals surface area contributed by atoms with E-state index in [2.05, 4.69) is 4.98 Å². The topological polar surface area (TPSA) is 57.7 Å². The number of rotatable bonds is 6. The number of hydrogen-bond acceptors (Lipinski definition) is 5. The Balaban J connectivity index is 2.24. The molecule has 0 atom stereocenters. The first kappa shape index (κ1) is 14.9. The third kappa shape index (κ3) is 3.16.